The Kier molecular flexibility index (Phi) is 7.60. The van der Waals surface area contributed by atoms with Crippen molar-refractivity contribution in [3.05, 3.63) is 41.2 Å². The number of carbonyl (C=O) groups is 2. The summed E-state index contributed by atoms with van der Waals surface area (Å²) in [4.78, 5) is 33.0. The standard InChI is InChI=1S/C22H23N5O3.C2HF3O2/c1-29-12-15-7-16(10-24-15)27-11-14-9-25-21(26-20(14)22(27)28)18-6-13(8-23)2-5-19(18)30-17-3-4-17;3-2(4,5)1(6)7/h2,5-6,9,15-17,24H,3-4,7,10-12H2,1H3;(H,6,7)/t15-,16+;/m0./s1. The number of fused-ring (bicyclic) bond motifs is 1. The van der Waals surface area contributed by atoms with Crippen LogP contribution in [0.3, 0.4) is 0 Å². The van der Waals surface area contributed by atoms with Gasteiger partial charge in [0.05, 0.1) is 36.5 Å². The van der Waals surface area contributed by atoms with Crippen LogP contribution in [0.25, 0.3) is 11.4 Å². The highest BCUT2D eigenvalue weighted by Gasteiger charge is 2.39. The molecule has 1 saturated heterocycles. The van der Waals surface area contributed by atoms with E-state index in [9.17, 15) is 23.2 Å². The number of rotatable bonds is 6. The number of benzene rings is 1. The van der Waals surface area contributed by atoms with Crippen LogP contribution in [0, 0.1) is 11.3 Å². The molecule has 196 valence electrons. The molecule has 0 spiro atoms. The number of hydrogen-bond donors (Lipinski definition) is 2. The molecule has 13 heteroatoms. The van der Waals surface area contributed by atoms with Gasteiger partial charge >= 0.3 is 12.1 Å². The number of carbonyl (C=O) groups excluding carboxylic acids is 1. The summed E-state index contributed by atoms with van der Waals surface area (Å²) in [5.74, 6) is -1.76. The van der Waals surface area contributed by atoms with Gasteiger partial charge in [0.1, 0.15) is 11.4 Å². The van der Waals surface area contributed by atoms with Gasteiger partial charge in [-0.2, -0.15) is 18.4 Å². The first-order valence-corrected chi connectivity index (χ1v) is 11.5. The summed E-state index contributed by atoms with van der Waals surface area (Å²) in [6.07, 6.45) is -0.241. The van der Waals surface area contributed by atoms with Crippen LogP contribution in [-0.4, -0.2) is 76.5 Å². The maximum Gasteiger partial charge on any atom is 0.490 e. The van der Waals surface area contributed by atoms with Crippen LogP contribution in [0.4, 0.5) is 13.2 Å². The first-order chi connectivity index (χ1) is 17.6. The van der Waals surface area contributed by atoms with Crippen molar-refractivity contribution in [3.63, 3.8) is 0 Å². The molecule has 2 aromatic rings. The highest BCUT2D eigenvalue weighted by Crippen LogP contribution is 2.35. The molecular formula is C24H24F3N5O5. The second kappa shape index (κ2) is 10.7. The Morgan fingerprint density at radius 3 is 2.70 bits per heavy atom. The molecule has 2 fully saturated rings. The zero-order valence-corrected chi connectivity index (χ0v) is 19.8. The number of hydrogen-bond acceptors (Lipinski definition) is 8. The summed E-state index contributed by atoms with van der Waals surface area (Å²) in [6, 6.07) is 7.77. The van der Waals surface area contributed by atoms with Gasteiger partial charge in [-0.15, -0.1) is 0 Å². The molecule has 37 heavy (non-hydrogen) atoms. The van der Waals surface area contributed by atoms with Crippen molar-refractivity contribution in [1.29, 1.82) is 5.26 Å². The molecule has 1 aromatic heterocycles. The summed E-state index contributed by atoms with van der Waals surface area (Å²) in [7, 11) is 1.69. The number of carboxylic acids is 1. The van der Waals surface area contributed by atoms with Crippen LogP contribution in [0.2, 0.25) is 0 Å². The predicted octanol–water partition coefficient (Wildman–Crippen LogP) is 2.52. The third kappa shape index (κ3) is 6.15. The molecule has 5 rings (SSSR count). The zero-order chi connectivity index (χ0) is 26.7. The molecule has 2 atom stereocenters. The largest absolute Gasteiger partial charge is 0.490 e. The molecule has 3 heterocycles. The highest BCUT2D eigenvalue weighted by atomic mass is 19.4. The van der Waals surface area contributed by atoms with E-state index in [-0.39, 0.29) is 24.1 Å². The van der Waals surface area contributed by atoms with Gasteiger partial charge in [-0.05, 0) is 37.5 Å². The van der Waals surface area contributed by atoms with Crippen molar-refractivity contribution in [2.24, 2.45) is 0 Å². The first kappa shape index (κ1) is 26.3. The first-order valence-electron chi connectivity index (χ1n) is 11.5. The van der Waals surface area contributed by atoms with Crippen molar-refractivity contribution in [1.82, 2.24) is 20.2 Å². The molecule has 1 aliphatic carbocycles. The minimum absolute atomic E-state index is 0.0698. The van der Waals surface area contributed by atoms with E-state index in [0.717, 1.165) is 31.4 Å². The maximum atomic E-state index is 13.1. The molecule has 2 aliphatic heterocycles. The molecule has 1 amide bonds. The Morgan fingerprint density at radius 1 is 1.35 bits per heavy atom. The number of amides is 1. The average molecular weight is 519 g/mol. The van der Waals surface area contributed by atoms with Gasteiger partial charge in [0.15, 0.2) is 5.82 Å². The topological polar surface area (TPSA) is 138 Å². The number of aromatic nitrogens is 2. The molecule has 2 N–H and O–H groups in total. The van der Waals surface area contributed by atoms with Gasteiger partial charge in [-0.1, -0.05) is 0 Å². The molecule has 0 bridgehead atoms. The van der Waals surface area contributed by atoms with Crippen LogP contribution in [0.15, 0.2) is 24.4 Å². The SMILES string of the molecule is COC[C@@H]1C[C@@H](N2Cc3cnc(-c4cc(C#N)ccc4OC4CC4)nc3C2=O)CN1.O=C(O)C(F)(F)F. The van der Waals surface area contributed by atoms with Crippen LogP contribution < -0.4 is 10.1 Å². The van der Waals surface area contributed by atoms with Gasteiger partial charge in [-0.3, -0.25) is 4.79 Å². The van der Waals surface area contributed by atoms with Crippen molar-refractivity contribution < 1.29 is 37.3 Å². The van der Waals surface area contributed by atoms with E-state index >= 15 is 0 Å². The number of carboxylic acid groups (broad SMARTS) is 1. The predicted molar refractivity (Wildman–Crippen MR) is 121 cm³/mol. The second-order valence-electron chi connectivity index (χ2n) is 8.89. The third-order valence-corrected chi connectivity index (χ3v) is 6.09. The summed E-state index contributed by atoms with van der Waals surface area (Å²) in [5, 5.41) is 19.8. The second-order valence-corrected chi connectivity index (χ2v) is 8.89. The number of nitrogens with zero attached hydrogens (tertiary/aromatic N) is 4. The molecule has 1 saturated carbocycles. The number of ether oxygens (including phenoxy) is 2. The van der Waals surface area contributed by atoms with E-state index in [2.05, 4.69) is 21.4 Å². The van der Waals surface area contributed by atoms with E-state index in [1.165, 1.54) is 0 Å². The van der Waals surface area contributed by atoms with Gasteiger partial charge in [0.2, 0.25) is 0 Å². The van der Waals surface area contributed by atoms with Gasteiger partial charge in [-0.25, -0.2) is 14.8 Å². The molecule has 10 nitrogen and oxygen atoms in total. The monoisotopic (exact) mass is 519 g/mol. The van der Waals surface area contributed by atoms with E-state index in [1.54, 1.807) is 31.5 Å². The van der Waals surface area contributed by atoms with E-state index < -0.39 is 12.1 Å². The summed E-state index contributed by atoms with van der Waals surface area (Å²) < 4.78 is 43.0. The average Bonchev–Trinajstić information content (AvgIpc) is 3.46. The summed E-state index contributed by atoms with van der Waals surface area (Å²) in [6.45, 7) is 1.90. The molecule has 0 radical (unpaired) electrons. The quantitative estimate of drug-likeness (QED) is 0.590. The van der Waals surface area contributed by atoms with E-state index in [1.807, 2.05) is 4.90 Å². The lowest BCUT2D eigenvalue weighted by molar-refractivity contribution is -0.192. The molecule has 3 aliphatic rings. The molecule has 0 unspecified atom stereocenters. The Labute approximate surface area is 210 Å². The Hall–Kier alpha value is -3.76. The smallest absolute Gasteiger partial charge is 0.490 e. The van der Waals surface area contributed by atoms with Crippen molar-refractivity contribution in [2.75, 3.05) is 20.3 Å². The number of aliphatic carboxylic acids is 1. The number of alkyl halides is 3. The minimum Gasteiger partial charge on any atom is -0.490 e. The number of methoxy groups -OCH3 is 1. The number of nitriles is 1. The molecular weight excluding hydrogens is 495 g/mol. The van der Waals surface area contributed by atoms with Crippen LogP contribution in [0.5, 0.6) is 5.75 Å². The minimum atomic E-state index is -5.08. The fourth-order valence-electron chi connectivity index (χ4n) is 4.13. The van der Waals surface area contributed by atoms with E-state index in [0.29, 0.717) is 41.5 Å². The van der Waals surface area contributed by atoms with Crippen LogP contribution in [-0.2, 0) is 16.1 Å². The lowest BCUT2D eigenvalue weighted by atomic mass is 10.1. The lowest BCUT2D eigenvalue weighted by Crippen LogP contribution is -2.37. The Bertz CT molecular complexity index is 1230. The number of nitrogens with one attached hydrogen (secondary N) is 1. The fraction of sp³-hybridized carbons (Fsp3) is 0.458. The molecule has 1 aromatic carbocycles. The highest BCUT2D eigenvalue weighted by molar-refractivity contribution is 5.97. The maximum absolute atomic E-state index is 13.1. The number of halogens is 3. The Balaban J connectivity index is 0.000000405. The summed E-state index contributed by atoms with van der Waals surface area (Å²) in [5.41, 5.74) is 2.43. The van der Waals surface area contributed by atoms with E-state index in [4.69, 9.17) is 19.4 Å². The van der Waals surface area contributed by atoms with Crippen molar-refractivity contribution in [2.45, 2.75) is 50.2 Å². The fourth-order valence-corrected chi connectivity index (χ4v) is 4.13. The van der Waals surface area contributed by atoms with Crippen molar-refractivity contribution >= 4 is 11.9 Å². The van der Waals surface area contributed by atoms with Gasteiger partial charge in [0.25, 0.3) is 5.91 Å². The van der Waals surface area contributed by atoms with Crippen LogP contribution >= 0.6 is 0 Å². The van der Waals surface area contributed by atoms with Crippen molar-refractivity contribution in [3.8, 4) is 23.2 Å². The summed E-state index contributed by atoms with van der Waals surface area (Å²) >= 11 is 0. The third-order valence-electron chi connectivity index (χ3n) is 6.09. The normalized spacial score (nSPS) is 20.6. The Morgan fingerprint density at radius 2 is 2.08 bits per heavy atom. The lowest BCUT2D eigenvalue weighted by Gasteiger charge is -2.22. The zero-order valence-electron chi connectivity index (χ0n) is 19.8. The van der Waals surface area contributed by atoms with Crippen LogP contribution in [0.1, 0.15) is 40.9 Å². The van der Waals surface area contributed by atoms with Gasteiger partial charge < -0.3 is 24.8 Å². The van der Waals surface area contributed by atoms with Gasteiger partial charge in [0, 0.05) is 37.5 Å².